The first-order valence-corrected chi connectivity index (χ1v) is 7.86. The largest absolute Gasteiger partial charge is 0.373 e. The SMILES string of the molecule is CC1(C)CN(CCNC(=O)C2CCCC(N)C2)CCO1.Cl.Cl. The summed E-state index contributed by atoms with van der Waals surface area (Å²) < 4.78 is 5.69. The predicted molar refractivity (Wildman–Crippen MR) is 93.9 cm³/mol. The molecule has 1 saturated heterocycles. The summed E-state index contributed by atoms with van der Waals surface area (Å²) in [6.45, 7) is 8.50. The van der Waals surface area contributed by atoms with Crippen LogP contribution in [0.2, 0.25) is 0 Å². The number of nitrogens with one attached hydrogen (secondary N) is 1. The number of amides is 1. The van der Waals surface area contributed by atoms with Gasteiger partial charge in [0.2, 0.25) is 5.91 Å². The number of nitrogens with zero attached hydrogens (tertiary/aromatic N) is 1. The zero-order valence-corrected chi connectivity index (χ0v) is 15.3. The molecular weight excluding hydrogens is 325 g/mol. The summed E-state index contributed by atoms with van der Waals surface area (Å²) in [7, 11) is 0. The predicted octanol–water partition coefficient (Wildman–Crippen LogP) is 1.57. The molecule has 0 aromatic heterocycles. The molecule has 0 aromatic rings. The van der Waals surface area contributed by atoms with Crippen LogP contribution in [0.1, 0.15) is 39.5 Å². The molecule has 5 nitrogen and oxygen atoms in total. The molecule has 2 unspecified atom stereocenters. The van der Waals surface area contributed by atoms with Crippen molar-refractivity contribution in [1.29, 1.82) is 0 Å². The van der Waals surface area contributed by atoms with Crippen molar-refractivity contribution in [3.05, 3.63) is 0 Å². The Morgan fingerprint density at radius 1 is 1.36 bits per heavy atom. The van der Waals surface area contributed by atoms with Crippen molar-refractivity contribution < 1.29 is 9.53 Å². The summed E-state index contributed by atoms with van der Waals surface area (Å²) in [6, 6.07) is 0.208. The highest BCUT2D eigenvalue weighted by Gasteiger charge is 2.28. The molecule has 0 aromatic carbocycles. The summed E-state index contributed by atoms with van der Waals surface area (Å²) in [5.41, 5.74) is 5.87. The normalized spacial score (nSPS) is 28.1. The van der Waals surface area contributed by atoms with Crippen molar-refractivity contribution in [2.75, 3.05) is 32.8 Å². The molecule has 1 aliphatic heterocycles. The van der Waals surface area contributed by atoms with E-state index in [0.29, 0.717) is 0 Å². The molecule has 3 N–H and O–H groups in total. The van der Waals surface area contributed by atoms with Crippen LogP contribution in [0.4, 0.5) is 0 Å². The molecule has 1 aliphatic carbocycles. The zero-order chi connectivity index (χ0) is 14.6. The maximum absolute atomic E-state index is 12.1. The molecule has 1 heterocycles. The van der Waals surface area contributed by atoms with E-state index in [1.54, 1.807) is 0 Å². The average molecular weight is 356 g/mol. The molecule has 2 rings (SSSR count). The van der Waals surface area contributed by atoms with E-state index in [2.05, 4.69) is 24.1 Å². The fourth-order valence-electron chi connectivity index (χ4n) is 3.25. The van der Waals surface area contributed by atoms with E-state index in [4.69, 9.17) is 10.5 Å². The number of carbonyl (C=O) groups is 1. The maximum Gasteiger partial charge on any atom is 0.223 e. The van der Waals surface area contributed by atoms with E-state index in [1.807, 2.05) is 0 Å². The lowest BCUT2D eigenvalue weighted by Gasteiger charge is -2.38. The van der Waals surface area contributed by atoms with Crippen LogP contribution in [-0.2, 0) is 9.53 Å². The fourth-order valence-corrected chi connectivity index (χ4v) is 3.25. The summed E-state index contributed by atoms with van der Waals surface area (Å²) in [4.78, 5) is 14.5. The van der Waals surface area contributed by atoms with E-state index in [0.717, 1.165) is 58.5 Å². The monoisotopic (exact) mass is 355 g/mol. The lowest BCUT2D eigenvalue weighted by molar-refractivity contribution is -0.126. The Balaban J connectivity index is 0.00000220. The molecule has 1 amide bonds. The van der Waals surface area contributed by atoms with Gasteiger partial charge in [-0.1, -0.05) is 6.42 Å². The van der Waals surface area contributed by atoms with Gasteiger partial charge in [-0.15, -0.1) is 24.8 Å². The van der Waals surface area contributed by atoms with Gasteiger partial charge < -0.3 is 15.8 Å². The van der Waals surface area contributed by atoms with Crippen molar-refractivity contribution in [1.82, 2.24) is 10.2 Å². The fraction of sp³-hybridized carbons (Fsp3) is 0.933. The molecule has 22 heavy (non-hydrogen) atoms. The quantitative estimate of drug-likeness (QED) is 0.803. The Hall–Kier alpha value is -0.0700. The Morgan fingerprint density at radius 3 is 2.73 bits per heavy atom. The maximum atomic E-state index is 12.1. The Kier molecular flexibility index (Phi) is 9.90. The second-order valence-electron chi connectivity index (χ2n) is 6.80. The van der Waals surface area contributed by atoms with Crippen molar-refractivity contribution in [2.45, 2.75) is 51.2 Å². The Labute approximate surface area is 146 Å². The highest BCUT2D eigenvalue weighted by molar-refractivity contribution is 5.85. The summed E-state index contributed by atoms with van der Waals surface area (Å²) in [5.74, 6) is 0.313. The van der Waals surface area contributed by atoms with Crippen LogP contribution < -0.4 is 11.1 Å². The zero-order valence-electron chi connectivity index (χ0n) is 13.7. The third-order valence-electron chi connectivity index (χ3n) is 4.32. The molecular formula is C15H31Cl2N3O2. The van der Waals surface area contributed by atoms with Gasteiger partial charge in [0.05, 0.1) is 12.2 Å². The second kappa shape index (κ2) is 9.93. The van der Waals surface area contributed by atoms with Crippen molar-refractivity contribution in [3.63, 3.8) is 0 Å². The van der Waals surface area contributed by atoms with Crippen LogP contribution in [-0.4, -0.2) is 55.2 Å². The van der Waals surface area contributed by atoms with Crippen LogP contribution in [0, 0.1) is 5.92 Å². The van der Waals surface area contributed by atoms with Crippen LogP contribution in [0.5, 0.6) is 0 Å². The molecule has 0 bridgehead atoms. The lowest BCUT2D eigenvalue weighted by Crippen LogP contribution is -2.50. The van der Waals surface area contributed by atoms with E-state index in [-0.39, 0.29) is 48.3 Å². The number of carbonyl (C=O) groups excluding carboxylic acids is 1. The van der Waals surface area contributed by atoms with Crippen LogP contribution in [0.25, 0.3) is 0 Å². The molecule has 0 radical (unpaired) electrons. The first kappa shape index (κ1) is 21.9. The van der Waals surface area contributed by atoms with Gasteiger partial charge >= 0.3 is 0 Å². The Morgan fingerprint density at radius 2 is 2.09 bits per heavy atom. The summed E-state index contributed by atoms with van der Waals surface area (Å²) in [5, 5.41) is 3.07. The van der Waals surface area contributed by atoms with E-state index in [1.165, 1.54) is 0 Å². The standard InChI is InChI=1S/C15H29N3O2.2ClH/c1-15(2)11-18(8-9-20-15)7-6-17-14(19)12-4-3-5-13(16)10-12;;/h12-13H,3-11,16H2,1-2H3,(H,17,19);2*1H. The van der Waals surface area contributed by atoms with E-state index < -0.39 is 0 Å². The number of nitrogens with two attached hydrogens (primary N) is 1. The molecule has 7 heteroatoms. The van der Waals surface area contributed by atoms with Gasteiger partial charge in [-0.3, -0.25) is 9.69 Å². The molecule has 0 spiro atoms. The van der Waals surface area contributed by atoms with E-state index in [9.17, 15) is 4.79 Å². The minimum Gasteiger partial charge on any atom is -0.373 e. The van der Waals surface area contributed by atoms with Gasteiger partial charge in [0.1, 0.15) is 0 Å². The van der Waals surface area contributed by atoms with Crippen molar-refractivity contribution in [2.24, 2.45) is 11.7 Å². The van der Waals surface area contributed by atoms with Gasteiger partial charge in [0.15, 0.2) is 0 Å². The number of ether oxygens (including phenoxy) is 1. The van der Waals surface area contributed by atoms with E-state index >= 15 is 0 Å². The minimum atomic E-state index is -0.0710. The topological polar surface area (TPSA) is 67.6 Å². The number of morpholine rings is 1. The molecule has 2 atom stereocenters. The summed E-state index contributed by atoms with van der Waals surface area (Å²) in [6.07, 6.45) is 3.98. The first-order chi connectivity index (χ1) is 9.46. The van der Waals surface area contributed by atoms with Crippen molar-refractivity contribution >= 4 is 30.7 Å². The third-order valence-corrected chi connectivity index (χ3v) is 4.32. The highest BCUT2D eigenvalue weighted by Crippen LogP contribution is 2.23. The van der Waals surface area contributed by atoms with Crippen LogP contribution in [0.3, 0.4) is 0 Å². The van der Waals surface area contributed by atoms with Gasteiger partial charge in [0, 0.05) is 38.1 Å². The lowest BCUT2D eigenvalue weighted by atomic mass is 9.85. The molecule has 132 valence electrons. The third kappa shape index (κ3) is 7.01. The van der Waals surface area contributed by atoms with Gasteiger partial charge in [-0.25, -0.2) is 0 Å². The Bertz CT molecular complexity index is 343. The molecule has 1 saturated carbocycles. The second-order valence-corrected chi connectivity index (χ2v) is 6.80. The number of hydrogen-bond acceptors (Lipinski definition) is 4. The smallest absolute Gasteiger partial charge is 0.223 e. The van der Waals surface area contributed by atoms with Gasteiger partial charge in [-0.05, 0) is 33.1 Å². The highest BCUT2D eigenvalue weighted by atomic mass is 35.5. The van der Waals surface area contributed by atoms with Crippen LogP contribution in [0.15, 0.2) is 0 Å². The van der Waals surface area contributed by atoms with Crippen molar-refractivity contribution in [3.8, 4) is 0 Å². The van der Waals surface area contributed by atoms with Gasteiger partial charge in [-0.2, -0.15) is 0 Å². The first-order valence-electron chi connectivity index (χ1n) is 7.86. The van der Waals surface area contributed by atoms with Gasteiger partial charge in [0.25, 0.3) is 0 Å². The summed E-state index contributed by atoms with van der Waals surface area (Å²) >= 11 is 0. The number of hydrogen-bond donors (Lipinski definition) is 2. The average Bonchev–Trinajstić information content (AvgIpc) is 2.37. The molecule has 2 fully saturated rings. The van der Waals surface area contributed by atoms with Crippen LogP contribution >= 0.6 is 24.8 Å². The molecule has 2 aliphatic rings. The number of halogens is 2. The number of rotatable bonds is 4. The minimum absolute atomic E-state index is 0.